The topological polar surface area (TPSA) is 206 Å². The van der Waals surface area contributed by atoms with Crippen LogP contribution in [0.1, 0.15) is 45.0 Å². The molecule has 12 aromatic heterocycles. The van der Waals surface area contributed by atoms with Crippen LogP contribution in [0.3, 0.4) is 0 Å². The van der Waals surface area contributed by atoms with E-state index in [1.54, 1.807) is 0 Å². The molecule has 12 aromatic carbocycles. The van der Waals surface area contributed by atoms with Crippen LogP contribution >= 0.6 is 0 Å². The molecule has 0 spiro atoms. The highest BCUT2D eigenvalue weighted by Gasteiger charge is 2.22. The third kappa shape index (κ3) is 17.8. The number of benzene rings is 12. The first-order valence-electron chi connectivity index (χ1n) is 45.3. The molecule has 0 bridgehead atoms. The number of pyridine rings is 9. The quantitative estimate of drug-likeness (QED) is 0.104. The number of hydrogen-bond donors (Lipinski definition) is 0. The highest BCUT2D eigenvalue weighted by atomic mass is 15.1. The van der Waals surface area contributed by atoms with E-state index in [2.05, 4.69) is 204 Å². The zero-order valence-electron chi connectivity index (χ0n) is 76.1. The van der Waals surface area contributed by atoms with Crippen molar-refractivity contribution in [1.82, 2.24) is 79.7 Å². The lowest BCUT2D eigenvalue weighted by atomic mass is 10.00. The minimum Gasteiger partial charge on any atom is -0.251 e. The van der Waals surface area contributed by atoms with Crippen molar-refractivity contribution in [2.45, 2.75) is 55.4 Å². The summed E-state index contributed by atoms with van der Waals surface area (Å²) >= 11 is 0. The Labute approximate surface area is 786 Å². The van der Waals surface area contributed by atoms with Crippen LogP contribution in [0, 0.1) is 55.4 Å². The Hall–Kier alpha value is -17.8. The van der Waals surface area contributed by atoms with Crippen molar-refractivity contribution in [3.63, 3.8) is 0 Å². The number of aryl methyl sites for hydroxylation is 8. The van der Waals surface area contributed by atoms with E-state index >= 15 is 0 Å². The Kier molecular flexibility index (Phi) is 23.3. The van der Waals surface area contributed by atoms with E-state index in [0.29, 0.717) is 34.8 Å². The molecule has 12 heterocycles. The van der Waals surface area contributed by atoms with Gasteiger partial charge in [0, 0.05) is 105 Å². The Balaban J connectivity index is 0.000000108. The van der Waals surface area contributed by atoms with Gasteiger partial charge in [0.15, 0.2) is 29.1 Å². The number of nitrogens with zero attached hydrogens (tertiary/aromatic N) is 16. The van der Waals surface area contributed by atoms with E-state index in [0.717, 1.165) is 228 Å². The number of rotatable bonds is 12. The number of hydrogen-bond acceptors (Lipinski definition) is 16. The van der Waals surface area contributed by atoms with Crippen molar-refractivity contribution in [3.05, 3.63) is 433 Å². The summed E-state index contributed by atoms with van der Waals surface area (Å²) in [6, 6.07) is 132. The predicted octanol–water partition coefficient (Wildman–Crippen LogP) is 28.8. The monoisotopic (exact) mass is 1750 g/mol. The lowest BCUT2D eigenvalue weighted by Crippen LogP contribution is -2.02. The van der Waals surface area contributed by atoms with Gasteiger partial charge in [0.2, 0.25) is 0 Å². The first kappa shape index (κ1) is 85.0. The minimum atomic E-state index is 0.544. The highest BCUT2D eigenvalue weighted by Crippen LogP contribution is 2.39. The van der Waals surface area contributed by atoms with E-state index in [4.69, 9.17) is 79.7 Å². The van der Waals surface area contributed by atoms with E-state index in [1.165, 1.54) is 5.56 Å². The second kappa shape index (κ2) is 37.2. The average molecular weight is 1750 g/mol. The largest absolute Gasteiger partial charge is 0.251 e. The molecule has 0 aliphatic carbocycles. The summed E-state index contributed by atoms with van der Waals surface area (Å²) in [4.78, 5) is 78.8. The van der Waals surface area contributed by atoms with Gasteiger partial charge in [-0.25, -0.2) is 59.8 Å². The molecule has 136 heavy (non-hydrogen) atoms. The van der Waals surface area contributed by atoms with Gasteiger partial charge >= 0.3 is 0 Å². The molecule has 0 atom stereocenters. The summed E-state index contributed by atoms with van der Waals surface area (Å²) in [7, 11) is 0. The Bertz CT molecular complexity index is 7420. The number of fused-ring (bicyclic) bond motifs is 12. The fourth-order valence-electron chi connectivity index (χ4n) is 17.3. The van der Waals surface area contributed by atoms with Gasteiger partial charge < -0.3 is 0 Å². The molecule has 16 heteroatoms. The van der Waals surface area contributed by atoms with Gasteiger partial charge in [-0.2, -0.15) is 0 Å². The van der Waals surface area contributed by atoms with Crippen LogP contribution in [0.25, 0.3) is 223 Å². The summed E-state index contributed by atoms with van der Waals surface area (Å²) in [6.07, 6.45) is 0. The third-order valence-corrected chi connectivity index (χ3v) is 24.3. The van der Waals surface area contributed by atoms with Gasteiger partial charge in [0.25, 0.3) is 0 Å². The molecule has 16 nitrogen and oxygen atoms in total. The summed E-state index contributed by atoms with van der Waals surface area (Å²) in [6.45, 7) is 16.5. The summed E-state index contributed by atoms with van der Waals surface area (Å²) in [5.41, 5.74) is 33.3. The van der Waals surface area contributed by atoms with Crippen LogP contribution in [0.15, 0.2) is 388 Å². The molecule has 648 valence electrons. The zero-order valence-corrected chi connectivity index (χ0v) is 76.1. The Morgan fingerprint density at radius 2 is 0.338 bits per heavy atom. The van der Waals surface area contributed by atoms with Gasteiger partial charge in [-0.05, 0) is 162 Å². The van der Waals surface area contributed by atoms with Crippen LogP contribution in [0.2, 0.25) is 0 Å². The summed E-state index contributed by atoms with van der Waals surface area (Å²) < 4.78 is 0. The summed E-state index contributed by atoms with van der Waals surface area (Å²) in [5, 5.41) is 8.72. The first-order valence-corrected chi connectivity index (χ1v) is 45.3. The Morgan fingerprint density at radius 1 is 0.125 bits per heavy atom. The lowest BCUT2D eigenvalue weighted by molar-refractivity contribution is 1.06. The molecule has 0 saturated carbocycles. The predicted molar refractivity (Wildman–Crippen MR) is 554 cm³/mol. The van der Waals surface area contributed by atoms with Crippen molar-refractivity contribution in [1.29, 1.82) is 0 Å². The Morgan fingerprint density at radius 3 is 0.662 bits per heavy atom. The maximum atomic E-state index is 5.12. The second-order valence-electron chi connectivity index (χ2n) is 34.0. The normalized spacial score (nSPS) is 11.2. The van der Waals surface area contributed by atoms with Gasteiger partial charge in [0.05, 0.1) is 89.7 Å². The molecule has 0 aliphatic heterocycles. The SMILES string of the molecule is Cc1ccc2ccc3c(C)cc(-c4cc(-c5ccccc5)cc(-c5ccccc5)n4)nc3c2n1.Cc1ccc2ccc3c(C)cc(-c4cc(-c5ccccc5)nc(-c5ccccc5)n4)nc3c2n1.Cc1ccc2ccc3c(C)cc(-c4nc(-c5ccccc5)cc(-c5ccccc5)n4)nc3c2n1.Cc1ccc2ccc3c(C)cc(-c4nc(-c5ccccc5)nc(-c5ccccc5)n4)nc3c2n1. The van der Waals surface area contributed by atoms with Crippen molar-refractivity contribution in [3.8, 4) is 136 Å². The molecule has 24 aromatic rings. The molecular formula is C120H88N16. The molecule has 0 radical (unpaired) electrons. The van der Waals surface area contributed by atoms with Crippen LogP contribution in [-0.4, -0.2) is 79.7 Å². The molecule has 0 saturated heterocycles. The molecule has 24 rings (SSSR count). The second-order valence-corrected chi connectivity index (χ2v) is 34.0. The standard InChI is InChI=1S/C31H23N3.2C30H22N4.C29H21N5/c1-20-17-28(34-31-26(20)16-15-24-14-13-21(2)32-30(24)31)29-19-25(22-9-5-3-6-10-22)18-27(33-29)23-11-7-4-8-12-23;1-19-17-26(32-29-24(19)16-15-22-14-13-20(2)31-28(22)29)27-18-25(21-9-5-3-6-10-21)33-30(34-27)23-11-7-4-8-12-23;1-19-17-27(32-29-24(19)16-15-23-14-13-20(2)31-28(23)29)30-33-25(21-9-5-3-6-10-21)18-26(34-30)22-11-7-4-8-12-22;1-18-17-24(31-26-23(18)16-15-20-14-13-19(2)30-25(20)26)29-33-27(21-9-5-3-6-10-21)32-28(34-29)22-11-7-4-8-12-22/h3-19H,1-2H3;2*3-18H,1-2H3;3-17H,1-2H3. The molecule has 0 unspecified atom stereocenters. The van der Waals surface area contributed by atoms with Crippen LogP contribution < -0.4 is 0 Å². The van der Waals surface area contributed by atoms with Gasteiger partial charge in [-0.15, -0.1) is 0 Å². The molecule has 0 amide bonds. The summed E-state index contributed by atoms with van der Waals surface area (Å²) in [5.74, 6) is 3.08. The smallest absolute Gasteiger partial charge is 0.182 e. The van der Waals surface area contributed by atoms with Gasteiger partial charge in [0.1, 0.15) is 11.4 Å². The minimum absolute atomic E-state index is 0.544. The van der Waals surface area contributed by atoms with Crippen molar-refractivity contribution in [2.24, 2.45) is 0 Å². The van der Waals surface area contributed by atoms with Gasteiger partial charge in [-0.1, -0.05) is 315 Å². The fourth-order valence-corrected chi connectivity index (χ4v) is 17.3. The van der Waals surface area contributed by atoms with Crippen molar-refractivity contribution >= 4 is 87.2 Å². The zero-order chi connectivity index (χ0) is 92.3. The van der Waals surface area contributed by atoms with E-state index < -0.39 is 0 Å². The van der Waals surface area contributed by atoms with Crippen molar-refractivity contribution in [2.75, 3.05) is 0 Å². The highest BCUT2D eigenvalue weighted by molar-refractivity contribution is 6.08. The molecule has 0 N–H and O–H groups in total. The molecule has 0 aliphatic rings. The first-order chi connectivity index (χ1) is 66.6. The van der Waals surface area contributed by atoms with Crippen LogP contribution in [-0.2, 0) is 0 Å². The molecule has 0 fully saturated rings. The van der Waals surface area contributed by atoms with Gasteiger partial charge in [-0.3, -0.25) is 19.9 Å². The average Bonchev–Trinajstić information content (AvgIpc) is 0.769. The number of aromatic nitrogens is 16. The van der Waals surface area contributed by atoms with Crippen molar-refractivity contribution < 1.29 is 0 Å². The van der Waals surface area contributed by atoms with E-state index in [9.17, 15) is 0 Å². The maximum absolute atomic E-state index is 5.12. The lowest BCUT2D eigenvalue weighted by Gasteiger charge is -2.12. The fraction of sp³-hybridized carbons (Fsp3) is 0.0667. The maximum Gasteiger partial charge on any atom is 0.182 e. The van der Waals surface area contributed by atoms with Crippen LogP contribution in [0.4, 0.5) is 0 Å². The van der Waals surface area contributed by atoms with E-state index in [-0.39, 0.29) is 0 Å². The van der Waals surface area contributed by atoms with E-state index in [1.807, 2.05) is 240 Å². The molecular weight excluding hydrogens is 1670 g/mol. The third-order valence-electron chi connectivity index (χ3n) is 24.3. The van der Waals surface area contributed by atoms with Crippen LogP contribution in [0.5, 0.6) is 0 Å².